The summed E-state index contributed by atoms with van der Waals surface area (Å²) in [5.41, 5.74) is 4.13. The van der Waals surface area contributed by atoms with E-state index in [0.29, 0.717) is 6.54 Å². The van der Waals surface area contributed by atoms with Crippen molar-refractivity contribution in [3.63, 3.8) is 0 Å². The average Bonchev–Trinajstić information content (AvgIpc) is 3.58. The van der Waals surface area contributed by atoms with Crippen molar-refractivity contribution in [1.29, 1.82) is 0 Å². The molecule has 2 heterocycles. The summed E-state index contributed by atoms with van der Waals surface area (Å²) in [5, 5.41) is 0. The topological polar surface area (TPSA) is 49.6 Å². The molecule has 0 bridgehead atoms. The summed E-state index contributed by atoms with van der Waals surface area (Å²) < 4.78 is 5.53. The van der Waals surface area contributed by atoms with Gasteiger partial charge in [-0.05, 0) is 29.7 Å². The average molecular weight is 412 g/mol. The first-order valence-corrected chi connectivity index (χ1v) is 10.6. The number of benzene rings is 3. The number of anilines is 1. The van der Waals surface area contributed by atoms with Crippen LogP contribution in [0.3, 0.4) is 0 Å². The number of esters is 1. The molecule has 156 valence electrons. The molecule has 3 aromatic carbocycles. The van der Waals surface area contributed by atoms with Crippen LogP contribution in [-0.2, 0) is 27.5 Å². The van der Waals surface area contributed by atoms with Gasteiger partial charge in [0, 0.05) is 12.2 Å². The van der Waals surface area contributed by atoms with E-state index in [2.05, 4.69) is 23.1 Å². The van der Waals surface area contributed by atoms with E-state index in [4.69, 9.17) is 4.74 Å². The lowest BCUT2D eigenvalue weighted by Gasteiger charge is -2.27. The Hall–Kier alpha value is -3.60. The number of carbonyl (C=O) groups is 2. The molecular formula is C26H24N2O3. The van der Waals surface area contributed by atoms with E-state index in [9.17, 15) is 9.59 Å². The minimum Gasteiger partial charge on any atom is -0.459 e. The molecule has 3 aromatic rings. The molecule has 3 atom stereocenters. The number of amides is 1. The third-order valence-electron chi connectivity index (χ3n) is 6.13. The summed E-state index contributed by atoms with van der Waals surface area (Å²) in [7, 11) is 0. The highest BCUT2D eigenvalue weighted by molar-refractivity contribution is 5.97. The zero-order valence-electron chi connectivity index (χ0n) is 17.3. The summed E-state index contributed by atoms with van der Waals surface area (Å²) in [6.07, 6.45) is 0. The number of hydrogen-bond donors (Lipinski definition) is 0. The largest absolute Gasteiger partial charge is 0.459 e. The number of para-hydroxylation sites is 1. The van der Waals surface area contributed by atoms with Crippen molar-refractivity contribution in [2.24, 2.45) is 0 Å². The van der Waals surface area contributed by atoms with Crippen LogP contribution in [0.4, 0.5) is 5.69 Å². The molecule has 5 rings (SSSR count). The molecule has 5 nitrogen and oxygen atoms in total. The van der Waals surface area contributed by atoms with Crippen LogP contribution < -0.4 is 4.90 Å². The van der Waals surface area contributed by atoms with Gasteiger partial charge in [-0.2, -0.15) is 0 Å². The second kappa shape index (κ2) is 7.91. The molecule has 5 heteroatoms. The lowest BCUT2D eigenvalue weighted by atomic mass is 10.1. The van der Waals surface area contributed by atoms with E-state index in [0.717, 1.165) is 22.4 Å². The summed E-state index contributed by atoms with van der Waals surface area (Å²) >= 11 is 0. The van der Waals surface area contributed by atoms with Crippen LogP contribution in [0.1, 0.15) is 29.7 Å². The van der Waals surface area contributed by atoms with Gasteiger partial charge < -0.3 is 14.5 Å². The SMILES string of the molecule is C[C@@H](C(=O)OCc1ccccc1)N1Cc2ccccc2N2[C@H](c3ccccc3)[C@@H]2C1=O. The normalized spacial score (nSPS) is 20.4. The van der Waals surface area contributed by atoms with E-state index in [1.807, 2.05) is 66.7 Å². The second-order valence-electron chi connectivity index (χ2n) is 8.07. The first kappa shape index (κ1) is 19.4. The van der Waals surface area contributed by atoms with Crippen molar-refractivity contribution in [3.05, 3.63) is 102 Å². The van der Waals surface area contributed by atoms with Crippen molar-refractivity contribution in [2.45, 2.75) is 38.2 Å². The smallest absolute Gasteiger partial charge is 0.328 e. The summed E-state index contributed by atoms with van der Waals surface area (Å²) in [5.74, 6) is -0.422. The standard InChI is InChI=1S/C26H24N2O3/c1-18(26(30)31-17-19-10-4-2-5-11-19)27-16-21-14-8-9-15-22(21)28-23(24(28)25(27)29)20-12-6-3-7-13-20/h2-15,18,23-24H,16-17H2,1H3/t18-,23+,24+,28?/m0/s1. The lowest BCUT2D eigenvalue weighted by Crippen LogP contribution is -2.45. The van der Waals surface area contributed by atoms with Crippen LogP contribution >= 0.6 is 0 Å². The fourth-order valence-corrected chi connectivity index (χ4v) is 4.41. The number of rotatable bonds is 5. The van der Waals surface area contributed by atoms with Crippen molar-refractivity contribution >= 4 is 17.6 Å². The van der Waals surface area contributed by atoms with Crippen molar-refractivity contribution in [3.8, 4) is 0 Å². The highest BCUT2D eigenvalue weighted by Crippen LogP contribution is 2.51. The fourth-order valence-electron chi connectivity index (χ4n) is 4.41. The summed E-state index contributed by atoms with van der Waals surface area (Å²) in [6, 6.07) is 26.7. The predicted molar refractivity (Wildman–Crippen MR) is 118 cm³/mol. The van der Waals surface area contributed by atoms with E-state index < -0.39 is 6.04 Å². The maximum absolute atomic E-state index is 13.5. The lowest BCUT2D eigenvalue weighted by molar-refractivity contribution is -0.155. The Bertz CT molecular complexity index is 1100. The highest BCUT2D eigenvalue weighted by Gasteiger charge is 2.57. The molecule has 0 aliphatic carbocycles. The van der Waals surface area contributed by atoms with Crippen LogP contribution in [0.15, 0.2) is 84.9 Å². The van der Waals surface area contributed by atoms with Gasteiger partial charge in [0.2, 0.25) is 5.91 Å². The van der Waals surface area contributed by atoms with E-state index in [-0.39, 0.29) is 30.6 Å². The minimum atomic E-state index is -0.666. The van der Waals surface area contributed by atoms with Gasteiger partial charge in [0.15, 0.2) is 0 Å². The van der Waals surface area contributed by atoms with Gasteiger partial charge in [-0.1, -0.05) is 78.9 Å². The summed E-state index contributed by atoms with van der Waals surface area (Å²) in [4.78, 5) is 30.2. The molecule has 0 unspecified atom stereocenters. The van der Waals surface area contributed by atoms with Gasteiger partial charge in [-0.3, -0.25) is 4.79 Å². The summed E-state index contributed by atoms with van der Waals surface area (Å²) in [6.45, 7) is 2.35. The molecule has 2 aliphatic heterocycles. The Morgan fingerprint density at radius 2 is 1.58 bits per heavy atom. The van der Waals surface area contributed by atoms with E-state index in [1.165, 1.54) is 0 Å². The maximum Gasteiger partial charge on any atom is 0.328 e. The Morgan fingerprint density at radius 3 is 2.32 bits per heavy atom. The Kier molecular flexibility index (Phi) is 4.94. The van der Waals surface area contributed by atoms with Gasteiger partial charge in [-0.15, -0.1) is 0 Å². The first-order valence-electron chi connectivity index (χ1n) is 10.6. The van der Waals surface area contributed by atoms with Crippen LogP contribution in [0.25, 0.3) is 0 Å². The van der Waals surface area contributed by atoms with Crippen molar-refractivity contribution in [1.82, 2.24) is 4.90 Å². The van der Waals surface area contributed by atoms with Crippen LogP contribution in [0, 0.1) is 0 Å². The van der Waals surface area contributed by atoms with E-state index in [1.54, 1.807) is 11.8 Å². The molecule has 1 saturated heterocycles. The second-order valence-corrected chi connectivity index (χ2v) is 8.07. The van der Waals surface area contributed by atoms with Crippen molar-refractivity contribution in [2.75, 3.05) is 4.90 Å². The number of fused-ring (bicyclic) bond motifs is 3. The molecule has 1 fully saturated rings. The van der Waals surface area contributed by atoms with E-state index >= 15 is 0 Å². The Morgan fingerprint density at radius 1 is 0.935 bits per heavy atom. The predicted octanol–water partition coefficient (Wildman–Crippen LogP) is 4.09. The molecule has 31 heavy (non-hydrogen) atoms. The van der Waals surface area contributed by atoms with Crippen LogP contribution in [0.5, 0.6) is 0 Å². The van der Waals surface area contributed by atoms with Gasteiger partial charge in [0.25, 0.3) is 0 Å². The molecule has 0 saturated carbocycles. The number of nitrogens with zero attached hydrogens (tertiary/aromatic N) is 2. The zero-order chi connectivity index (χ0) is 21.4. The number of hydrogen-bond acceptors (Lipinski definition) is 4. The zero-order valence-corrected chi connectivity index (χ0v) is 17.3. The quantitative estimate of drug-likeness (QED) is 0.468. The third-order valence-corrected chi connectivity index (χ3v) is 6.13. The first-order chi connectivity index (χ1) is 15.1. The van der Waals surface area contributed by atoms with Gasteiger partial charge >= 0.3 is 5.97 Å². The van der Waals surface area contributed by atoms with Gasteiger partial charge in [0.05, 0.1) is 6.04 Å². The molecule has 0 spiro atoms. The van der Waals surface area contributed by atoms with Crippen molar-refractivity contribution < 1.29 is 14.3 Å². The van der Waals surface area contributed by atoms with Crippen LogP contribution in [-0.4, -0.2) is 28.9 Å². The molecule has 0 aromatic heterocycles. The molecule has 0 radical (unpaired) electrons. The molecule has 1 amide bonds. The monoisotopic (exact) mass is 412 g/mol. The Labute approximate surface area is 181 Å². The minimum absolute atomic E-state index is 0.00908. The van der Waals surface area contributed by atoms with Gasteiger partial charge in [-0.25, -0.2) is 4.79 Å². The molecule has 2 aliphatic rings. The number of ether oxygens (including phenoxy) is 1. The van der Waals surface area contributed by atoms with Gasteiger partial charge in [0.1, 0.15) is 18.7 Å². The number of carbonyl (C=O) groups excluding carboxylic acids is 2. The highest BCUT2D eigenvalue weighted by atomic mass is 16.5. The maximum atomic E-state index is 13.5. The third kappa shape index (κ3) is 3.56. The van der Waals surface area contributed by atoms with Crippen LogP contribution in [0.2, 0.25) is 0 Å². The fraction of sp³-hybridized carbons (Fsp3) is 0.231. The Balaban J connectivity index is 1.40. The molecular weight excluding hydrogens is 388 g/mol. The molecule has 0 N–H and O–H groups in total.